The zero-order chi connectivity index (χ0) is 20.3. The summed E-state index contributed by atoms with van der Waals surface area (Å²) in [4.78, 5) is 27.1. The Morgan fingerprint density at radius 2 is 1.90 bits per heavy atom. The Balaban J connectivity index is 0.00000231. The van der Waals surface area contributed by atoms with Crippen LogP contribution in [0.1, 0.15) is 48.0 Å². The van der Waals surface area contributed by atoms with Crippen LogP contribution in [0.3, 0.4) is 0 Å². The van der Waals surface area contributed by atoms with E-state index in [0.717, 1.165) is 54.9 Å². The van der Waals surface area contributed by atoms with Gasteiger partial charge in [0, 0.05) is 25.2 Å². The molecule has 1 aromatic carbocycles. The molecule has 31 heavy (non-hydrogen) atoms. The fourth-order valence-electron chi connectivity index (χ4n) is 4.57. The van der Waals surface area contributed by atoms with Crippen molar-refractivity contribution in [2.24, 2.45) is 0 Å². The van der Waals surface area contributed by atoms with E-state index in [1.807, 2.05) is 36.5 Å². The molecule has 2 aromatic heterocycles. The molecule has 0 unspecified atom stereocenters. The van der Waals surface area contributed by atoms with E-state index in [1.165, 1.54) is 5.56 Å². The van der Waals surface area contributed by atoms with Crippen molar-refractivity contribution in [1.29, 1.82) is 0 Å². The molecular weight excluding hydrogens is 414 g/mol. The Labute approximate surface area is 188 Å². The van der Waals surface area contributed by atoms with Gasteiger partial charge >= 0.3 is 6.09 Å². The molecule has 2 saturated heterocycles. The number of aromatic nitrogens is 3. The minimum atomic E-state index is -0.258. The van der Waals surface area contributed by atoms with Crippen molar-refractivity contribution in [1.82, 2.24) is 25.2 Å². The van der Waals surface area contributed by atoms with E-state index in [9.17, 15) is 4.79 Å². The summed E-state index contributed by atoms with van der Waals surface area (Å²) in [6.07, 6.45) is 4.76. The van der Waals surface area contributed by atoms with Gasteiger partial charge in [0.05, 0.1) is 5.52 Å². The number of imidazole rings is 1. The first-order valence-electron chi connectivity index (χ1n) is 10.8. The lowest BCUT2D eigenvalue weighted by Crippen LogP contribution is -2.29. The third-order valence-corrected chi connectivity index (χ3v) is 6.26. The lowest BCUT2D eigenvalue weighted by atomic mass is 9.90. The number of nitrogens with one attached hydrogen (secondary N) is 2. The van der Waals surface area contributed by atoms with Crippen molar-refractivity contribution in [3.63, 3.8) is 0 Å². The fraction of sp³-hybridized carbons (Fsp3) is 0.435. The van der Waals surface area contributed by atoms with Gasteiger partial charge in [-0.3, -0.25) is 0 Å². The molecular formula is C23H28ClN5O2. The van der Waals surface area contributed by atoms with Crippen LogP contribution in [0.5, 0.6) is 0 Å². The quantitative estimate of drug-likeness (QED) is 0.640. The van der Waals surface area contributed by atoms with E-state index in [2.05, 4.69) is 21.4 Å². The van der Waals surface area contributed by atoms with Gasteiger partial charge in [0.2, 0.25) is 0 Å². The van der Waals surface area contributed by atoms with E-state index in [1.54, 1.807) is 4.90 Å². The molecule has 3 aromatic rings. The fourth-order valence-corrected chi connectivity index (χ4v) is 4.57. The van der Waals surface area contributed by atoms with Gasteiger partial charge in [-0.25, -0.2) is 14.8 Å². The zero-order valence-corrected chi connectivity index (χ0v) is 18.2. The summed E-state index contributed by atoms with van der Waals surface area (Å²) in [6, 6.07) is 11.9. The van der Waals surface area contributed by atoms with Gasteiger partial charge in [-0.15, -0.1) is 12.4 Å². The first kappa shape index (κ1) is 21.6. The van der Waals surface area contributed by atoms with Crippen LogP contribution < -0.4 is 5.32 Å². The van der Waals surface area contributed by atoms with Crippen LogP contribution in [0.4, 0.5) is 4.79 Å². The number of carbonyl (C=O) groups excluding carboxylic acids is 1. The number of nitrogens with zero attached hydrogens (tertiary/aromatic N) is 3. The second-order valence-corrected chi connectivity index (χ2v) is 8.22. The molecule has 2 aliphatic heterocycles. The molecule has 164 valence electrons. The van der Waals surface area contributed by atoms with Crippen LogP contribution in [0.15, 0.2) is 42.6 Å². The van der Waals surface area contributed by atoms with Crippen LogP contribution in [-0.2, 0) is 11.3 Å². The second-order valence-electron chi connectivity index (χ2n) is 8.22. The second kappa shape index (κ2) is 9.66. The lowest BCUT2D eigenvalue weighted by Gasteiger charge is -2.23. The Kier molecular flexibility index (Phi) is 6.73. The number of pyridine rings is 1. The highest BCUT2D eigenvalue weighted by atomic mass is 35.5. The van der Waals surface area contributed by atoms with E-state index in [-0.39, 0.29) is 24.4 Å². The lowest BCUT2D eigenvalue weighted by molar-refractivity contribution is 0.104. The van der Waals surface area contributed by atoms with Gasteiger partial charge in [-0.05, 0) is 55.5 Å². The molecule has 0 saturated carbocycles. The highest BCUT2D eigenvalue weighted by Crippen LogP contribution is 2.32. The average Bonchev–Trinajstić information content (AvgIpc) is 3.46. The number of halogens is 1. The maximum Gasteiger partial charge on any atom is 0.410 e. The highest BCUT2D eigenvalue weighted by molar-refractivity contribution is 5.85. The summed E-state index contributed by atoms with van der Waals surface area (Å²) in [5, 5.41) is 3.43. The van der Waals surface area contributed by atoms with Crippen LogP contribution in [0.25, 0.3) is 11.2 Å². The Bertz CT molecular complexity index is 1020. The van der Waals surface area contributed by atoms with E-state index in [0.29, 0.717) is 25.6 Å². The summed E-state index contributed by atoms with van der Waals surface area (Å²) in [5.74, 6) is 1.65. The standard InChI is InChI=1S/C23H27N5O2.ClH/c29-23(30-15-16-4-2-1-3-5-16)28-13-9-18(14-28)21-26-20-19(8-12-25-22(20)27-21)17-6-10-24-11-7-17;/h1-5,8,12,17-18,24H,6-7,9-11,13-15H2,(H,25,26,27);1H/t18-;/m1./s1. The predicted octanol–water partition coefficient (Wildman–Crippen LogP) is 3.97. The van der Waals surface area contributed by atoms with Crippen molar-refractivity contribution >= 4 is 29.7 Å². The maximum absolute atomic E-state index is 12.5. The van der Waals surface area contributed by atoms with Gasteiger partial charge in [-0.1, -0.05) is 30.3 Å². The van der Waals surface area contributed by atoms with E-state index < -0.39 is 0 Å². The van der Waals surface area contributed by atoms with Crippen molar-refractivity contribution in [2.45, 2.75) is 37.7 Å². The summed E-state index contributed by atoms with van der Waals surface area (Å²) in [7, 11) is 0. The molecule has 0 radical (unpaired) electrons. The molecule has 2 N–H and O–H groups in total. The number of hydrogen-bond donors (Lipinski definition) is 2. The first-order valence-corrected chi connectivity index (χ1v) is 10.8. The molecule has 0 spiro atoms. The van der Waals surface area contributed by atoms with E-state index >= 15 is 0 Å². The number of H-pyrrole nitrogens is 1. The van der Waals surface area contributed by atoms with Gasteiger partial charge in [-0.2, -0.15) is 0 Å². The number of carbonyl (C=O) groups is 1. The van der Waals surface area contributed by atoms with E-state index in [4.69, 9.17) is 9.72 Å². The molecule has 8 heteroatoms. The van der Waals surface area contributed by atoms with Gasteiger partial charge in [0.15, 0.2) is 5.65 Å². The van der Waals surface area contributed by atoms with Gasteiger partial charge in [0.25, 0.3) is 0 Å². The number of likely N-dealkylation sites (tertiary alicyclic amines) is 1. The Morgan fingerprint density at radius 3 is 2.71 bits per heavy atom. The molecule has 1 amide bonds. The average molecular weight is 442 g/mol. The number of fused-ring (bicyclic) bond motifs is 1. The van der Waals surface area contributed by atoms with Gasteiger partial charge in [0.1, 0.15) is 12.4 Å². The normalized spacial score (nSPS) is 19.4. The number of amides is 1. The number of piperidine rings is 1. The molecule has 0 aliphatic carbocycles. The smallest absolute Gasteiger partial charge is 0.410 e. The summed E-state index contributed by atoms with van der Waals surface area (Å²) in [5.41, 5.74) is 4.16. The van der Waals surface area contributed by atoms with Crippen LogP contribution in [0.2, 0.25) is 0 Å². The number of benzene rings is 1. The number of aromatic amines is 1. The van der Waals surface area contributed by atoms with Crippen LogP contribution >= 0.6 is 12.4 Å². The molecule has 0 bridgehead atoms. The van der Waals surface area contributed by atoms with Crippen molar-refractivity contribution in [2.75, 3.05) is 26.2 Å². The zero-order valence-electron chi connectivity index (χ0n) is 17.4. The third-order valence-electron chi connectivity index (χ3n) is 6.26. The first-order chi connectivity index (χ1) is 14.8. The Hall–Kier alpha value is -2.64. The number of ether oxygens (including phenoxy) is 1. The number of hydrogen-bond acceptors (Lipinski definition) is 5. The minimum absolute atomic E-state index is 0. The van der Waals surface area contributed by atoms with Crippen LogP contribution in [-0.4, -0.2) is 52.1 Å². The highest BCUT2D eigenvalue weighted by Gasteiger charge is 2.31. The molecule has 1 atom stereocenters. The molecule has 2 aliphatic rings. The van der Waals surface area contributed by atoms with Crippen molar-refractivity contribution < 1.29 is 9.53 Å². The SMILES string of the molecule is Cl.O=C(OCc1ccccc1)N1CC[C@@H](c2nc3nccc(C4CCNCC4)c3[nH]2)C1. The molecule has 2 fully saturated rings. The maximum atomic E-state index is 12.5. The number of rotatable bonds is 4. The van der Waals surface area contributed by atoms with Crippen LogP contribution in [0, 0.1) is 0 Å². The Morgan fingerprint density at radius 1 is 1.10 bits per heavy atom. The molecule has 5 rings (SSSR count). The van der Waals surface area contributed by atoms with Crippen molar-refractivity contribution in [3.8, 4) is 0 Å². The van der Waals surface area contributed by atoms with Crippen molar-refractivity contribution in [3.05, 3.63) is 59.5 Å². The monoisotopic (exact) mass is 441 g/mol. The topological polar surface area (TPSA) is 83.1 Å². The molecule has 7 nitrogen and oxygen atoms in total. The minimum Gasteiger partial charge on any atom is -0.445 e. The predicted molar refractivity (Wildman–Crippen MR) is 122 cm³/mol. The molecule has 4 heterocycles. The largest absolute Gasteiger partial charge is 0.445 e. The summed E-state index contributed by atoms with van der Waals surface area (Å²) in [6.45, 7) is 3.71. The van der Waals surface area contributed by atoms with Gasteiger partial charge < -0.3 is 19.9 Å². The third kappa shape index (κ3) is 4.67. The summed E-state index contributed by atoms with van der Waals surface area (Å²) < 4.78 is 5.49. The summed E-state index contributed by atoms with van der Waals surface area (Å²) >= 11 is 0.